The van der Waals surface area contributed by atoms with Crippen LogP contribution in [0.5, 0.6) is 0 Å². The Morgan fingerprint density at radius 2 is 2.11 bits per heavy atom. The third-order valence-electron chi connectivity index (χ3n) is 2.26. The molecule has 6 heteroatoms. The maximum Gasteiger partial charge on any atom is 0.324 e. The molecule has 0 aliphatic rings. The van der Waals surface area contributed by atoms with Crippen LogP contribution in [0.25, 0.3) is 0 Å². The molecule has 0 saturated heterocycles. The SMILES string of the molecule is Cc1ccc(N)c(NC(=O)Nc2cnccn2)c1. The minimum absolute atomic E-state index is 0.376. The van der Waals surface area contributed by atoms with Crippen molar-refractivity contribution in [2.75, 3.05) is 16.4 Å². The Bertz CT molecular complexity index is 556. The number of carbonyl (C=O) groups excluding carboxylic acids is 1. The highest BCUT2D eigenvalue weighted by Gasteiger charge is 2.06. The summed E-state index contributed by atoms with van der Waals surface area (Å²) in [7, 11) is 0. The fourth-order valence-corrected chi connectivity index (χ4v) is 1.41. The van der Waals surface area contributed by atoms with E-state index in [0.29, 0.717) is 17.2 Å². The highest BCUT2D eigenvalue weighted by atomic mass is 16.2. The topological polar surface area (TPSA) is 92.9 Å². The van der Waals surface area contributed by atoms with E-state index in [9.17, 15) is 4.79 Å². The highest BCUT2D eigenvalue weighted by molar-refractivity contribution is 6.00. The molecule has 1 aromatic carbocycles. The zero-order valence-corrected chi connectivity index (χ0v) is 9.84. The molecule has 18 heavy (non-hydrogen) atoms. The maximum absolute atomic E-state index is 11.7. The van der Waals surface area contributed by atoms with Crippen LogP contribution in [-0.4, -0.2) is 16.0 Å². The van der Waals surface area contributed by atoms with Crippen LogP contribution in [0.2, 0.25) is 0 Å². The van der Waals surface area contributed by atoms with Crippen molar-refractivity contribution in [3.63, 3.8) is 0 Å². The maximum atomic E-state index is 11.7. The van der Waals surface area contributed by atoms with Gasteiger partial charge in [-0.05, 0) is 24.6 Å². The second-order valence-electron chi connectivity index (χ2n) is 3.76. The van der Waals surface area contributed by atoms with Crippen molar-refractivity contribution in [2.24, 2.45) is 0 Å². The lowest BCUT2D eigenvalue weighted by molar-refractivity contribution is 0.262. The normalized spacial score (nSPS) is 9.83. The van der Waals surface area contributed by atoms with Crippen LogP contribution in [0, 0.1) is 6.92 Å². The van der Waals surface area contributed by atoms with Gasteiger partial charge in [0.05, 0.1) is 17.6 Å². The molecular formula is C12H13N5O. The average Bonchev–Trinajstić information content (AvgIpc) is 2.35. The van der Waals surface area contributed by atoms with Crippen molar-refractivity contribution in [3.8, 4) is 0 Å². The van der Waals surface area contributed by atoms with Crippen molar-refractivity contribution in [3.05, 3.63) is 42.4 Å². The summed E-state index contributed by atoms with van der Waals surface area (Å²) in [6.07, 6.45) is 4.48. The number of aromatic nitrogens is 2. The van der Waals surface area contributed by atoms with E-state index in [2.05, 4.69) is 20.6 Å². The molecule has 0 aliphatic heterocycles. The Kier molecular flexibility index (Phi) is 3.38. The van der Waals surface area contributed by atoms with Crippen LogP contribution < -0.4 is 16.4 Å². The first-order valence-electron chi connectivity index (χ1n) is 5.35. The van der Waals surface area contributed by atoms with Crippen LogP contribution in [0.1, 0.15) is 5.56 Å². The fraction of sp³-hybridized carbons (Fsp3) is 0.0833. The molecular weight excluding hydrogens is 230 g/mol. The van der Waals surface area contributed by atoms with Crippen LogP contribution >= 0.6 is 0 Å². The van der Waals surface area contributed by atoms with Gasteiger partial charge in [0.15, 0.2) is 5.82 Å². The zero-order chi connectivity index (χ0) is 13.0. The molecule has 0 saturated carbocycles. The van der Waals surface area contributed by atoms with E-state index < -0.39 is 6.03 Å². The quantitative estimate of drug-likeness (QED) is 0.703. The second-order valence-corrected chi connectivity index (χ2v) is 3.76. The van der Waals surface area contributed by atoms with Gasteiger partial charge in [-0.3, -0.25) is 10.3 Å². The minimum Gasteiger partial charge on any atom is -0.397 e. The number of nitrogens with one attached hydrogen (secondary N) is 2. The predicted molar refractivity (Wildman–Crippen MR) is 70.3 cm³/mol. The lowest BCUT2D eigenvalue weighted by Crippen LogP contribution is -2.20. The average molecular weight is 243 g/mol. The third kappa shape index (κ3) is 2.94. The van der Waals surface area contributed by atoms with Gasteiger partial charge in [-0.2, -0.15) is 0 Å². The van der Waals surface area contributed by atoms with Gasteiger partial charge in [-0.15, -0.1) is 0 Å². The lowest BCUT2D eigenvalue weighted by Gasteiger charge is -2.09. The third-order valence-corrected chi connectivity index (χ3v) is 2.26. The Balaban J connectivity index is 2.05. The van der Waals surface area contributed by atoms with E-state index >= 15 is 0 Å². The van der Waals surface area contributed by atoms with E-state index in [4.69, 9.17) is 5.73 Å². The Hall–Kier alpha value is -2.63. The van der Waals surface area contributed by atoms with Gasteiger partial charge < -0.3 is 11.1 Å². The molecule has 0 bridgehead atoms. The summed E-state index contributed by atoms with van der Waals surface area (Å²) in [5, 5.41) is 5.21. The van der Waals surface area contributed by atoms with E-state index in [0.717, 1.165) is 5.56 Å². The Labute approximate surface area is 104 Å². The van der Waals surface area contributed by atoms with Crippen molar-refractivity contribution in [2.45, 2.75) is 6.92 Å². The minimum atomic E-state index is -0.409. The van der Waals surface area contributed by atoms with E-state index in [-0.39, 0.29) is 0 Å². The number of amides is 2. The molecule has 2 rings (SSSR count). The summed E-state index contributed by atoms with van der Waals surface area (Å²) >= 11 is 0. The van der Waals surface area contributed by atoms with Gasteiger partial charge in [0.2, 0.25) is 0 Å². The summed E-state index contributed by atoms with van der Waals surface area (Å²) in [6.45, 7) is 1.92. The van der Waals surface area contributed by atoms with Crippen molar-refractivity contribution >= 4 is 23.2 Å². The van der Waals surface area contributed by atoms with Crippen molar-refractivity contribution in [1.82, 2.24) is 9.97 Å². The number of rotatable bonds is 2. The number of nitrogen functional groups attached to an aromatic ring is 1. The summed E-state index contributed by atoms with van der Waals surface area (Å²) < 4.78 is 0. The summed E-state index contributed by atoms with van der Waals surface area (Å²) in [5.74, 6) is 0.376. The van der Waals surface area contributed by atoms with Gasteiger partial charge in [-0.25, -0.2) is 9.78 Å². The number of hydrogen-bond acceptors (Lipinski definition) is 4. The molecule has 1 aromatic heterocycles. The Morgan fingerprint density at radius 1 is 1.28 bits per heavy atom. The standard InChI is InChI=1S/C12H13N5O/c1-8-2-3-9(13)10(6-8)16-12(18)17-11-7-14-4-5-15-11/h2-7H,13H2,1H3,(H2,15,16,17,18). The van der Waals surface area contributed by atoms with Crippen LogP contribution in [-0.2, 0) is 0 Å². The molecule has 0 atom stereocenters. The number of aryl methyl sites for hydroxylation is 1. The van der Waals surface area contributed by atoms with Gasteiger partial charge >= 0.3 is 6.03 Å². The number of nitrogens with zero attached hydrogens (tertiary/aromatic N) is 2. The largest absolute Gasteiger partial charge is 0.397 e. The number of urea groups is 1. The summed E-state index contributed by atoms with van der Waals surface area (Å²) in [4.78, 5) is 19.5. The molecule has 1 heterocycles. The summed E-state index contributed by atoms with van der Waals surface area (Å²) in [6, 6.07) is 5.01. The number of nitrogens with two attached hydrogens (primary N) is 1. The molecule has 0 radical (unpaired) electrons. The molecule has 4 N–H and O–H groups in total. The van der Waals surface area contributed by atoms with Crippen molar-refractivity contribution in [1.29, 1.82) is 0 Å². The number of hydrogen-bond donors (Lipinski definition) is 3. The number of benzene rings is 1. The van der Waals surface area contributed by atoms with Gasteiger partial charge in [0.25, 0.3) is 0 Å². The van der Waals surface area contributed by atoms with E-state index in [1.54, 1.807) is 12.1 Å². The fourth-order valence-electron chi connectivity index (χ4n) is 1.41. The van der Waals surface area contributed by atoms with Gasteiger partial charge in [-0.1, -0.05) is 6.07 Å². The molecule has 2 amide bonds. The summed E-state index contributed by atoms with van der Waals surface area (Å²) in [5.41, 5.74) is 7.85. The van der Waals surface area contributed by atoms with E-state index in [1.807, 2.05) is 13.0 Å². The molecule has 0 aliphatic carbocycles. The highest BCUT2D eigenvalue weighted by Crippen LogP contribution is 2.19. The zero-order valence-electron chi connectivity index (χ0n) is 9.84. The van der Waals surface area contributed by atoms with Gasteiger partial charge in [0.1, 0.15) is 0 Å². The first kappa shape index (κ1) is 11.8. The first-order valence-corrected chi connectivity index (χ1v) is 5.35. The van der Waals surface area contributed by atoms with E-state index in [1.165, 1.54) is 18.6 Å². The lowest BCUT2D eigenvalue weighted by atomic mass is 10.2. The smallest absolute Gasteiger partial charge is 0.324 e. The Morgan fingerprint density at radius 3 is 2.83 bits per heavy atom. The molecule has 0 spiro atoms. The van der Waals surface area contributed by atoms with Gasteiger partial charge in [0, 0.05) is 12.4 Å². The first-order chi connectivity index (χ1) is 8.65. The van der Waals surface area contributed by atoms with Crippen LogP contribution in [0.3, 0.4) is 0 Å². The van der Waals surface area contributed by atoms with Crippen LogP contribution in [0.15, 0.2) is 36.8 Å². The molecule has 0 unspecified atom stereocenters. The molecule has 92 valence electrons. The second kappa shape index (κ2) is 5.13. The van der Waals surface area contributed by atoms with Crippen LogP contribution in [0.4, 0.5) is 22.0 Å². The molecule has 0 fully saturated rings. The monoisotopic (exact) mass is 243 g/mol. The molecule has 6 nitrogen and oxygen atoms in total. The number of anilines is 3. The molecule has 2 aromatic rings. The van der Waals surface area contributed by atoms with Crippen molar-refractivity contribution < 1.29 is 4.79 Å². The number of carbonyl (C=O) groups is 1. The predicted octanol–water partition coefficient (Wildman–Crippen LogP) is 2.01.